The van der Waals surface area contributed by atoms with Crippen molar-refractivity contribution in [1.29, 1.82) is 0 Å². The maximum Gasteiger partial charge on any atom is 0.142 e. The SMILES string of the molecule is CCC(C)CC(O)C/C=C/C=O. The Kier molecular flexibility index (Phi) is 6.67. The molecule has 0 aromatic carbocycles. The first kappa shape index (κ1) is 11.4. The fourth-order valence-corrected chi connectivity index (χ4v) is 1.02. The van der Waals surface area contributed by atoms with Gasteiger partial charge in [-0.25, -0.2) is 0 Å². The van der Waals surface area contributed by atoms with Crippen molar-refractivity contribution in [3.05, 3.63) is 12.2 Å². The van der Waals surface area contributed by atoms with Crippen LogP contribution in [-0.2, 0) is 4.79 Å². The number of carbonyl (C=O) groups is 1. The summed E-state index contributed by atoms with van der Waals surface area (Å²) in [6, 6.07) is 0. The second-order valence-corrected chi connectivity index (χ2v) is 3.20. The third-order valence-electron chi connectivity index (χ3n) is 1.99. The van der Waals surface area contributed by atoms with E-state index < -0.39 is 0 Å². The summed E-state index contributed by atoms with van der Waals surface area (Å²) in [6.45, 7) is 4.23. The van der Waals surface area contributed by atoms with Crippen LogP contribution in [0.5, 0.6) is 0 Å². The molecule has 0 aliphatic carbocycles. The molecule has 12 heavy (non-hydrogen) atoms. The van der Waals surface area contributed by atoms with Crippen LogP contribution in [0.3, 0.4) is 0 Å². The van der Waals surface area contributed by atoms with Gasteiger partial charge >= 0.3 is 0 Å². The van der Waals surface area contributed by atoms with Gasteiger partial charge in [-0.3, -0.25) is 4.79 Å². The lowest BCUT2D eigenvalue weighted by Gasteiger charge is -2.12. The highest BCUT2D eigenvalue weighted by atomic mass is 16.3. The average Bonchev–Trinajstić information content (AvgIpc) is 2.05. The van der Waals surface area contributed by atoms with E-state index >= 15 is 0 Å². The van der Waals surface area contributed by atoms with Gasteiger partial charge in [0.05, 0.1) is 6.10 Å². The summed E-state index contributed by atoms with van der Waals surface area (Å²) in [5.41, 5.74) is 0. The van der Waals surface area contributed by atoms with E-state index in [1.54, 1.807) is 6.08 Å². The van der Waals surface area contributed by atoms with E-state index in [9.17, 15) is 9.90 Å². The summed E-state index contributed by atoms with van der Waals surface area (Å²) in [7, 11) is 0. The van der Waals surface area contributed by atoms with E-state index in [1.165, 1.54) is 6.08 Å². The molecule has 0 bridgehead atoms. The summed E-state index contributed by atoms with van der Waals surface area (Å²) in [5, 5.41) is 9.41. The van der Waals surface area contributed by atoms with Crippen molar-refractivity contribution in [2.45, 2.75) is 39.2 Å². The lowest BCUT2D eigenvalue weighted by Crippen LogP contribution is -2.09. The number of allylic oxidation sites excluding steroid dienone is 1. The maximum absolute atomic E-state index is 9.90. The van der Waals surface area contributed by atoms with Crippen LogP contribution in [-0.4, -0.2) is 17.5 Å². The van der Waals surface area contributed by atoms with E-state index in [1.807, 2.05) is 0 Å². The Bertz CT molecular complexity index is 141. The smallest absolute Gasteiger partial charge is 0.142 e. The molecule has 2 heteroatoms. The van der Waals surface area contributed by atoms with Gasteiger partial charge in [0.2, 0.25) is 0 Å². The normalized spacial score (nSPS) is 16.2. The number of aldehydes is 1. The van der Waals surface area contributed by atoms with E-state index in [4.69, 9.17) is 0 Å². The minimum atomic E-state index is -0.295. The van der Waals surface area contributed by atoms with Crippen LogP contribution < -0.4 is 0 Å². The lowest BCUT2D eigenvalue weighted by atomic mass is 9.99. The molecule has 0 rings (SSSR count). The van der Waals surface area contributed by atoms with Gasteiger partial charge in [0.1, 0.15) is 6.29 Å². The Morgan fingerprint density at radius 3 is 2.67 bits per heavy atom. The Balaban J connectivity index is 3.51. The molecule has 0 aliphatic heterocycles. The van der Waals surface area contributed by atoms with Crippen LogP contribution in [0.1, 0.15) is 33.1 Å². The monoisotopic (exact) mass is 170 g/mol. The largest absolute Gasteiger partial charge is 0.393 e. The number of aliphatic hydroxyl groups is 1. The Hall–Kier alpha value is -0.630. The van der Waals surface area contributed by atoms with Crippen molar-refractivity contribution in [1.82, 2.24) is 0 Å². The molecule has 2 unspecified atom stereocenters. The van der Waals surface area contributed by atoms with E-state index in [2.05, 4.69) is 13.8 Å². The fourth-order valence-electron chi connectivity index (χ4n) is 1.02. The van der Waals surface area contributed by atoms with Gasteiger partial charge in [0.25, 0.3) is 0 Å². The standard InChI is InChI=1S/C10H18O2/c1-3-9(2)8-10(12)6-4-5-7-11/h4-5,7,9-10,12H,3,6,8H2,1-2H3/b5-4+. The Morgan fingerprint density at radius 2 is 2.17 bits per heavy atom. The summed E-state index contributed by atoms with van der Waals surface area (Å²) >= 11 is 0. The number of carbonyl (C=O) groups excluding carboxylic acids is 1. The Labute approximate surface area is 74.3 Å². The zero-order valence-electron chi connectivity index (χ0n) is 7.86. The van der Waals surface area contributed by atoms with Gasteiger partial charge in [-0.15, -0.1) is 0 Å². The molecule has 0 saturated carbocycles. The molecule has 2 nitrogen and oxygen atoms in total. The highest BCUT2D eigenvalue weighted by molar-refractivity contribution is 5.64. The number of aliphatic hydroxyl groups excluding tert-OH is 1. The predicted molar refractivity (Wildman–Crippen MR) is 49.9 cm³/mol. The third kappa shape index (κ3) is 6.10. The zero-order chi connectivity index (χ0) is 9.40. The number of rotatable bonds is 6. The molecular weight excluding hydrogens is 152 g/mol. The highest BCUT2D eigenvalue weighted by Crippen LogP contribution is 2.11. The van der Waals surface area contributed by atoms with E-state index in [-0.39, 0.29) is 6.10 Å². The molecule has 0 aromatic rings. The van der Waals surface area contributed by atoms with Crippen LogP contribution in [0.15, 0.2) is 12.2 Å². The number of hydrogen-bond donors (Lipinski definition) is 1. The summed E-state index contributed by atoms with van der Waals surface area (Å²) in [5.74, 6) is 0.560. The van der Waals surface area contributed by atoms with Crippen LogP contribution in [0.25, 0.3) is 0 Å². The van der Waals surface area contributed by atoms with Gasteiger partial charge < -0.3 is 5.11 Å². The van der Waals surface area contributed by atoms with Crippen LogP contribution >= 0.6 is 0 Å². The summed E-state index contributed by atoms with van der Waals surface area (Å²) < 4.78 is 0. The molecule has 0 heterocycles. The molecular formula is C10H18O2. The van der Waals surface area contributed by atoms with Crippen molar-refractivity contribution >= 4 is 6.29 Å². The highest BCUT2D eigenvalue weighted by Gasteiger charge is 2.06. The fraction of sp³-hybridized carbons (Fsp3) is 0.700. The maximum atomic E-state index is 9.90. The lowest BCUT2D eigenvalue weighted by molar-refractivity contribution is -0.104. The molecule has 0 fully saturated rings. The van der Waals surface area contributed by atoms with Crippen molar-refractivity contribution in [2.75, 3.05) is 0 Å². The van der Waals surface area contributed by atoms with Crippen LogP contribution in [0.4, 0.5) is 0 Å². The molecule has 0 aliphatic rings. The van der Waals surface area contributed by atoms with Gasteiger partial charge in [0.15, 0.2) is 0 Å². The van der Waals surface area contributed by atoms with Gasteiger partial charge in [-0.2, -0.15) is 0 Å². The first-order chi connectivity index (χ1) is 5.70. The predicted octanol–water partition coefficient (Wildman–Crippen LogP) is 1.93. The van der Waals surface area contributed by atoms with E-state index in [0.29, 0.717) is 12.3 Å². The average molecular weight is 170 g/mol. The molecule has 2 atom stereocenters. The van der Waals surface area contributed by atoms with Gasteiger partial charge in [0, 0.05) is 0 Å². The van der Waals surface area contributed by atoms with Gasteiger partial charge in [-0.05, 0) is 24.8 Å². The van der Waals surface area contributed by atoms with Crippen molar-refractivity contribution in [3.63, 3.8) is 0 Å². The topological polar surface area (TPSA) is 37.3 Å². The molecule has 0 spiro atoms. The van der Waals surface area contributed by atoms with Crippen molar-refractivity contribution < 1.29 is 9.90 Å². The van der Waals surface area contributed by atoms with Gasteiger partial charge in [-0.1, -0.05) is 26.3 Å². The second-order valence-electron chi connectivity index (χ2n) is 3.20. The second kappa shape index (κ2) is 7.04. The third-order valence-corrected chi connectivity index (χ3v) is 1.99. The molecule has 0 aromatic heterocycles. The van der Waals surface area contributed by atoms with E-state index in [0.717, 1.165) is 19.1 Å². The molecule has 1 N–H and O–H groups in total. The summed E-state index contributed by atoms with van der Waals surface area (Å²) in [4.78, 5) is 9.90. The minimum absolute atomic E-state index is 0.295. The van der Waals surface area contributed by atoms with Crippen LogP contribution in [0.2, 0.25) is 0 Å². The minimum Gasteiger partial charge on any atom is -0.393 e. The van der Waals surface area contributed by atoms with Crippen molar-refractivity contribution in [2.24, 2.45) is 5.92 Å². The zero-order valence-corrected chi connectivity index (χ0v) is 7.86. The van der Waals surface area contributed by atoms with Crippen LogP contribution in [0, 0.1) is 5.92 Å². The number of hydrogen-bond acceptors (Lipinski definition) is 2. The van der Waals surface area contributed by atoms with Crippen molar-refractivity contribution in [3.8, 4) is 0 Å². The first-order valence-electron chi connectivity index (χ1n) is 4.49. The molecule has 0 amide bonds. The molecule has 70 valence electrons. The first-order valence-corrected chi connectivity index (χ1v) is 4.49. The Morgan fingerprint density at radius 1 is 1.50 bits per heavy atom. The molecule has 0 radical (unpaired) electrons. The summed E-state index contributed by atoms with van der Waals surface area (Å²) in [6.07, 6.45) is 6.07. The molecule has 0 saturated heterocycles. The quantitative estimate of drug-likeness (QED) is 0.488.